The van der Waals surface area contributed by atoms with Crippen molar-refractivity contribution < 1.29 is 18.3 Å². The first-order valence-electron chi connectivity index (χ1n) is 13.5. The van der Waals surface area contributed by atoms with Crippen molar-refractivity contribution in [2.75, 3.05) is 32.1 Å². The van der Waals surface area contributed by atoms with Crippen LogP contribution in [0.5, 0.6) is 6.01 Å². The minimum absolute atomic E-state index is 0.00256. The number of hydrogen-bond donors (Lipinski definition) is 0. The summed E-state index contributed by atoms with van der Waals surface area (Å²) in [5.41, 5.74) is 0.961. The zero-order valence-electron chi connectivity index (χ0n) is 23.6. The zero-order valence-corrected chi connectivity index (χ0v) is 24.3. The molecule has 0 radical (unpaired) electrons. The molecule has 0 aliphatic carbocycles. The number of fused-ring (bicyclic) bond motifs is 2. The molecule has 0 spiro atoms. The molecule has 1 atom stereocenters. The van der Waals surface area contributed by atoms with Gasteiger partial charge in [-0.25, -0.2) is 18.7 Å². The Morgan fingerprint density at radius 1 is 1.14 bits per heavy atom. The summed E-state index contributed by atoms with van der Waals surface area (Å²) in [7, 11) is 3.23. The summed E-state index contributed by atoms with van der Waals surface area (Å²) in [6.07, 6.45) is 6.98. The second kappa shape index (κ2) is 11.5. The van der Waals surface area contributed by atoms with Crippen LogP contribution in [0.15, 0.2) is 54.9 Å². The number of rotatable bonds is 6. The first-order valence-corrected chi connectivity index (χ1v) is 13.9. The topological polar surface area (TPSA) is 97.2 Å². The smallest absolute Gasteiger partial charge is 0.318 e. The van der Waals surface area contributed by atoms with Crippen LogP contribution in [0.3, 0.4) is 0 Å². The van der Waals surface area contributed by atoms with E-state index in [4.69, 9.17) is 16.3 Å². The Hall–Kier alpha value is -4.77. The number of pyridine rings is 1. The van der Waals surface area contributed by atoms with E-state index in [1.165, 1.54) is 25.4 Å². The lowest BCUT2D eigenvalue weighted by Gasteiger charge is -2.27. The Balaban J connectivity index is 1.33. The lowest BCUT2D eigenvalue weighted by molar-refractivity contribution is -0.124. The minimum Gasteiger partial charge on any atom is -0.467 e. The third kappa shape index (κ3) is 5.32. The van der Waals surface area contributed by atoms with Gasteiger partial charge >= 0.3 is 6.01 Å². The number of likely N-dealkylation sites (N-methyl/N-ethyl adjacent to an activating group) is 1. The molecule has 12 heteroatoms. The van der Waals surface area contributed by atoms with Crippen LogP contribution in [0, 0.1) is 18.6 Å². The molecule has 0 bridgehead atoms. The number of aromatic nitrogens is 5. The maximum Gasteiger partial charge on any atom is 0.318 e. The monoisotopic (exact) mass is 601 g/mol. The highest BCUT2D eigenvalue weighted by atomic mass is 35.5. The molecule has 1 amide bonds. The van der Waals surface area contributed by atoms with Crippen molar-refractivity contribution >= 4 is 51.1 Å². The van der Waals surface area contributed by atoms with Gasteiger partial charge in [0.15, 0.2) is 5.82 Å². The van der Waals surface area contributed by atoms with Gasteiger partial charge in [0.25, 0.3) is 0 Å². The van der Waals surface area contributed by atoms with E-state index < -0.39 is 11.6 Å². The first kappa shape index (κ1) is 28.4. The fraction of sp³-hybridized carbons (Fsp3) is 0.226. The summed E-state index contributed by atoms with van der Waals surface area (Å²) in [5.74, 6) is -0.431. The van der Waals surface area contributed by atoms with Gasteiger partial charge in [0.1, 0.15) is 28.7 Å². The Labute approximate surface area is 250 Å². The normalized spacial score (nSPS) is 15.1. The quantitative estimate of drug-likeness (QED) is 0.231. The SMILES string of the molecule is COc1nc(N(C)C2CCN(C(=O)/C=C/c3ccnc(C)n3)C2)c2cnc(-c3cccc4ccc(F)c(Cl)c34)c(F)c2n1. The third-order valence-corrected chi connectivity index (χ3v) is 7.94. The fourth-order valence-electron chi connectivity index (χ4n) is 5.34. The summed E-state index contributed by atoms with van der Waals surface area (Å²) < 4.78 is 35.9. The number of aryl methyl sites for hydroxylation is 1. The highest BCUT2D eigenvalue weighted by molar-refractivity contribution is 6.36. The summed E-state index contributed by atoms with van der Waals surface area (Å²) in [4.78, 5) is 38.2. The molecule has 2 aromatic carbocycles. The second-order valence-corrected chi connectivity index (χ2v) is 10.6. The number of amides is 1. The van der Waals surface area contributed by atoms with Crippen LogP contribution >= 0.6 is 11.6 Å². The number of nitrogens with zero attached hydrogens (tertiary/aromatic N) is 7. The highest BCUT2D eigenvalue weighted by Crippen LogP contribution is 2.38. The Morgan fingerprint density at radius 2 is 1.98 bits per heavy atom. The number of anilines is 1. The van der Waals surface area contributed by atoms with E-state index in [9.17, 15) is 9.18 Å². The summed E-state index contributed by atoms with van der Waals surface area (Å²) in [5, 5.41) is 1.25. The van der Waals surface area contributed by atoms with E-state index in [1.54, 1.807) is 54.4 Å². The highest BCUT2D eigenvalue weighted by Gasteiger charge is 2.31. The largest absolute Gasteiger partial charge is 0.467 e. The van der Waals surface area contributed by atoms with Gasteiger partial charge in [-0.2, -0.15) is 9.97 Å². The van der Waals surface area contributed by atoms with Crippen molar-refractivity contribution in [1.29, 1.82) is 0 Å². The van der Waals surface area contributed by atoms with Crippen molar-refractivity contribution in [3.05, 3.63) is 83.0 Å². The number of likely N-dealkylation sites (tertiary alicyclic amines) is 1. The van der Waals surface area contributed by atoms with E-state index in [1.807, 2.05) is 11.9 Å². The van der Waals surface area contributed by atoms with Crippen molar-refractivity contribution in [3.63, 3.8) is 0 Å². The molecule has 1 unspecified atom stereocenters. The van der Waals surface area contributed by atoms with Crippen molar-refractivity contribution in [2.24, 2.45) is 0 Å². The van der Waals surface area contributed by atoms with E-state index in [2.05, 4.69) is 24.9 Å². The Bertz CT molecular complexity index is 1920. The van der Waals surface area contributed by atoms with E-state index in [0.717, 1.165) is 0 Å². The molecule has 218 valence electrons. The van der Waals surface area contributed by atoms with Crippen LogP contribution in [0.25, 0.3) is 39.0 Å². The third-order valence-electron chi connectivity index (χ3n) is 7.57. The molecule has 1 aliphatic rings. The Kier molecular flexibility index (Phi) is 7.57. The molecular weight excluding hydrogens is 576 g/mol. The molecule has 1 fully saturated rings. The summed E-state index contributed by atoms with van der Waals surface area (Å²) in [6.45, 7) is 2.76. The van der Waals surface area contributed by atoms with Crippen LogP contribution in [-0.2, 0) is 4.79 Å². The number of ether oxygens (including phenoxy) is 1. The molecule has 5 aromatic rings. The number of carbonyl (C=O) groups excluding carboxylic acids is 1. The van der Waals surface area contributed by atoms with Gasteiger partial charge in [-0.1, -0.05) is 35.9 Å². The first-order chi connectivity index (χ1) is 20.7. The average molecular weight is 602 g/mol. The predicted molar refractivity (Wildman–Crippen MR) is 161 cm³/mol. The average Bonchev–Trinajstić information content (AvgIpc) is 3.52. The summed E-state index contributed by atoms with van der Waals surface area (Å²) >= 11 is 6.31. The number of methoxy groups -OCH3 is 1. The van der Waals surface area contributed by atoms with Gasteiger partial charge in [0.05, 0.1) is 23.2 Å². The number of hydrogen-bond acceptors (Lipinski definition) is 8. The van der Waals surface area contributed by atoms with E-state index in [0.29, 0.717) is 58.6 Å². The lowest BCUT2D eigenvalue weighted by Crippen LogP contribution is -2.36. The minimum atomic E-state index is -0.714. The van der Waals surface area contributed by atoms with Crippen LogP contribution in [0.2, 0.25) is 5.02 Å². The molecule has 1 saturated heterocycles. The van der Waals surface area contributed by atoms with E-state index in [-0.39, 0.29) is 34.2 Å². The van der Waals surface area contributed by atoms with Crippen LogP contribution in [-0.4, -0.2) is 69.0 Å². The fourth-order valence-corrected chi connectivity index (χ4v) is 5.61. The van der Waals surface area contributed by atoms with E-state index >= 15 is 4.39 Å². The molecule has 0 N–H and O–H groups in total. The van der Waals surface area contributed by atoms with Gasteiger partial charge in [0, 0.05) is 55.6 Å². The molecule has 4 heterocycles. The molecule has 6 rings (SSSR count). The molecule has 3 aromatic heterocycles. The van der Waals surface area contributed by atoms with Crippen molar-refractivity contribution in [2.45, 2.75) is 19.4 Å². The van der Waals surface area contributed by atoms with Gasteiger partial charge < -0.3 is 14.5 Å². The number of carbonyl (C=O) groups is 1. The predicted octanol–water partition coefficient (Wildman–Crippen LogP) is 5.63. The van der Waals surface area contributed by atoms with Gasteiger partial charge in [-0.05, 0) is 36.9 Å². The van der Waals surface area contributed by atoms with Gasteiger partial charge in [0.2, 0.25) is 5.91 Å². The second-order valence-electron chi connectivity index (χ2n) is 10.2. The molecule has 1 aliphatic heterocycles. The maximum absolute atomic E-state index is 16.2. The summed E-state index contributed by atoms with van der Waals surface area (Å²) in [6, 6.07) is 9.59. The molecule has 43 heavy (non-hydrogen) atoms. The lowest BCUT2D eigenvalue weighted by atomic mass is 10.0. The van der Waals surface area contributed by atoms with Gasteiger partial charge in [-0.15, -0.1) is 0 Å². The molecule has 9 nitrogen and oxygen atoms in total. The van der Waals surface area contributed by atoms with Crippen LogP contribution < -0.4 is 9.64 Å². The van der Waals surface area contributed by atoms with Crippen molar-refractivity contribution in [3.8, 4) is 17.3 Å². The van der Waals surface area contributed by atoms with Crippen molar-refractivity contribution in [1.82, 2.24) is 29.8 Å². The van der Waals surface area contributed by atoms with Crippen LogP contribution in [0.4, 0.5) is 14.6 Å². The molecular formula is C31H26ClF2N7O2. The Morgan fingerprint density at radius 3 is 2.77 bits per heavy atom. The number of halogens is 3. The zero-order chi connectivity index (χ0) is 30.2. The molecule has 0 saturated carbocycles. The van der Waals surface area contributed by atoms with Crippen LogP contribution in [0.1, 0.15) is 17.9 Å². The van der Waals surface area contributed by atoms with Gasteiger partial charge in [-0.3, -0.25) is 9.78 Å². The maximum atomic E-state index is 16.2. The number of benzene rings is 2. The standard InChI is InChI=1S/C31H26ClF2N7O2/c1-17-35-13-11-19(37-17)8-10-24(42)41-14-12-20(16-41)40(2)30-22-15-36-28(27(34)29(22)38-31(39-30)43-3)21-6-4-5-18-7-9-23(33)26(32)25(18)21/h4-11,13,15,20H,12,14,16H2,1-3H3/b10-8+.